The van der Waals surface area contributed by atoms with Gasteiger partial charge < -0.3 is 11.1 Å². The van der Waals surface area contributed by atoms with Crippen LogP contribution >= 0.6 is 0 Å². The summed E-state index contributed by atoms with van der Waals surface area (Å²) in [6.45, 7) is 4.15. The van der Waals surface area contributed by atoms with E-state index in [1.165, 1.54) is 0 Å². The maximum Gasteiger partial charge on any atom is 0.147 e. The van der Waals surface area contributed by atoms with Crippen LogP contribution in [0.4, 0.5) is 0 Å². The van der Waals surface area contributed by atoms with E-state index in [-0.39, 0.29) is 11.9 Å². The molecule has 1 atom stereocenters. The number of ketones is 1. The minimum absolute atomic E-state index is 0. The molecule has 3 nitrogen and oxygen atoms in total. The normalized spacial score (nSPS) is 12.5. The molecule has 2 aromatic rings. The number of Topliss-reactive ketones (excluding diaryl/α,β-unsaturated/α-hetero) is 1. The molecule has 4 N–H and O–H groups in total. The lowest BCUT2D eigenvalue weighted by molar-refractivity contribution is -0.123. The molecule has 0 fully saturated rings. The zero-order valence-electron chi connectivity index (χ0n) is 15.6. The first kappa shape index (κ1) is 20.1. The summed E-state index contributed by atoms with van der Waals surface area (Å²) in [5, 5.41) is 0. The fraction of sp³-hybridized carbons (Fsp3) is 0.381. The number of benzene rings is 2. The third-order valence-corrected chi connectivity index (χ3v) is 4.81. The van der Waals surface area contributed by atoms with Crippen LogP contribution in [0.15, 0.2) is 60.7 Å². The molecule has 0 aromatic heterocycles. The van der Waals surface area contributed by atoms with Crippen LogP contribution in [0.5, 0.6) is 0 Å². The summed E-state index contributed by atoms with van der Waals surface area (Å²) in [4.78, 5) is 15.4. The van der Waals surface area contributed by atoms with Crippen LogP contribution in [0.1, 0.15) is 37.8 Å². The standard InChI is InChI=1S/C21H27NO.H3N/c1-5-20(23)21(16-17(2)22(3)4,18-12-8-6-9-13-18)19-14-10-7-11-15-19;/h6-15,17H,5,16H2,1-4H3;1H3/p+1. The Hall–Kier alpha value is -1.97. The molecular formula is C21H31N2O+. The largest absolute Gasteiger partial charge is 0.369 e. The van der Waals surface area contributed by atoms with Gasteiger partial charge in [0.05, 0.1) is 5.41 Å². The number of hydrogen-bond donors (Lipinski definition) is 1. The molecule has 0 heterocycles. The van der Waals surface area contributed by atoms with Crippen LogP contribution in [-0.2, 0) is 10.2 Å². The Morgan fingerprint density at radius 2 is 1.38 bits per heavy atom. The zero-order chi connectivity index (χ0) is 16.9. The van der Waals surface area contributed by atoms with E-state index in [1.54, 1.807) is 0 Å². The smallest absolute Gasteiger partial charge is 0.147 e. The van der Waals surface area contributed by atoms with Gasteiger partial charge in [0.25, 0.3) is 0 Å². The fourth-order valence-corrected chi connectivity index (χ4v) is 3.21. The van der Waals surface area contributed by atoms with Crippen molar-refractivity contribution >= 4 is 5.78 Å². The van der Waals surface area contributed by atoms with E-state index in [0.717, 1.165) is 17.5 Å². The first-order valence-corrected chi connectivity index (χ1v) is 8.33. The lowest BCUT2D eigenvalue weighted by Gasteiger charge is -2.37. The van der Waals surface area contributed by atoms with Gasteiger partial charge in [0, 0.05) is 12.5 Å². The Morgan fingerprint density at radius 1 is 0.958 bits per heavy atom. The third kappa shape index (κ3) is 3.92. The number of carbonyl (C=O) groups is 1. The van der Waals surface area contributed by atoms with Crippen molar-refractivity contribution in [3.05, 3.63) is 71.8 Å². The van der Waals surface area contributed by atoms with Crippen LogP contribution in [0.3, 0.4) is 0 Å². The van der Waals surface area contributed by atoms with Gasteiger partial charge in [-0.15, -0.1) is 0 Å². The van der Waals surface area contributed by atoms with Crippen molar-refractivity contribution in [2.45, 2.75) is 38.1 Å². The van der Waals surface area contributed by atoms with Gasteiger partial charge in [-0.25, -0.2) is 0 Å². The first-order valence-electron chi connectivity index (χ1n) is 8.33. The minimum atomic E-state index is -0.582. The maximum absolute atomic E-state index is 13.2. The van der Waals surface area contributed by atoms with Gasteiger partial charge >= 0.3 is 0 Å². The highest BCUT2D eigenvalue weighted by molar-refractivity contribution is 5.93. The van der Waals surface area contributed by atoms with Crippen LogP contribution in [-0.4, -0.2) is 30.8 Å². The summed E-state index contributed by atoms with van der Waals surface area (Å²) in [5.41, 5.74) is 1.60. The number of carbonyl (C=O) groups excluding carboxylic acids is 1. The van der Waals surface area contributed by atoms with Crippen molar-refractivity contribution in [1.29, 1.82) is 0 Å². The molecule has 0 aliphatic rings. The van der Waals surface area contributed by atoms with Crippen LogP contribution < -0.4 is 6.15 Å². The van der Waals surface area contributed by atoms with E-state index in [2.05, 4.69) is 50.2 Å². The van der Waals surface area contributed by atoms with Gasteiger partial charge in [0.1, 0.15) is 5.78 Å². The summed E-state index contributed by atoms with van der Waals surface area (Å²) >= 11 is 0. The number of quaternary nitrogens is 1. The van der Waals surface area contributed by atoms with E-state index in [4.69, 9.17) is 0 Å². The zero-order valence-corrected chi connectivity index (χ0v) is 15.6. The van der Waals surface area contributed by atoms with E-state index in [1.807, 2.05) is 43.3 Å². The van der Waals surface area contributed by atoms with E-state index >= 15 is 0 Å². The Bertz CT molecular complexity index is 583. The van der Waals surface area contributed by atoms with E-state index < -0.39 is 5.41 Å². The molecule has 0 spiro atoms. The molecule has 2 aromatic carbocycles. The molecule has 0 aliphatic carbocycles. The second-order valence-electron chi connectivity index (χ2n) is 6.43. The molecule has 3 heteroatoms. The molecule has 24 heavy (non-hydrogen) atoms. The summed E-state index contributed by atoms with van der Waals surface area (Å²) in [6.07, 6.45) is 1.31. The van der Waals surface area contributed by atoms with Gasteiger partial charge in [-0.05, 0) is 38.6 Å². The Balaban J connectivity index is 0.00000288. The predicted molar refractivity (Wildman–Crippen MR) is 103 cm³/mol. The lowest BCUT2D eigenvalue weighted by Crippen LogP contribution is -2.42. The third-order valence-electron chi connectivity index (χ3n) is 4.81. The number of rotatable bonds is 7. The quantitative estimate of drug-likeness (QED) is 0.803. The predicted octanol–water partition coefficient (Wildman–Crippen LogP) is 4.67. The highest BCUT2D eigenvalue weighted by Gasteiger charge is 2.41. The van der Waals surface area contributed by atoms with Crippen molar-refractivity contribution in [3.63, 3.8) is 0 Å². The summed E-state index contributed by atoms with van der Waals surface area (Å²) < 4.78 is 0. The van der Waals surface area contributed by atoms with Crippen LogP contribution in [0.2, 0.25) is 0 Å². The van der Waals surface area contributed by atoms with Crippen molar-refractivity contribution in [1.82, 2.24) is 11.1 Å². The number of hydrogen-bond acceptors (Lipinski definition) is 2. The van der Waals surface area contributed by atoms with Gasteiger partial charge in [-0.3, -0.25) is 4.79 Å². The molecule has 1 unspecified atom stereocenters. The Morgan fingerprint density at radius 3 is 1.71 bits per heavy atom. The Kier molecular flexibility index (Phi) is 7.33. The fourth-order valence-electron chi connectivity index (χ4n) is 3.21. The van der Waals surface area contributed by atoms with Gasteiger partial charge in [-0.1, -0.05) is 67.6 Å². The van der Waals surface area contributed by atoms with Crippen LogP contribution in [0, 0.1) is 0 Å². The second kappa shape index (κ2) is 8.76. The van der Waals surface area contributed by atoms with Crippen molar-refractivity contribution in [3.8, 4) is 0 Å². The summed E-state index contributed by atoms with van der Waals surface area (Å²) in [7, 11) is 4.14. The van der Waals surface area contributed by atoms with Gasteiger partial charge in [-0.2, -0.15) is 0 Å². The van der Waals surface area contributed by atoms with Gasteiger partial charge in [0.15, 0.2) is 0 Å². The molecule has 0 saturated heterocycles. The molecule has 0 radical (unpaired) electrons. The Labute approximate surface area is 146 Å². The molecule has 0 aliphatic heterocycles. The molecule has 2 rings (SSSR count). The van der Waals surface area contributed by atoms with E-state index in [0.29, 0.717) is 12.5 Å². The molecule has 0 saturated carbocycles. The SMILES string of the molecule is CCC(=O)C(CC(C)N(C)C)(c1ccccc1)c1ccccc1.[NH4+]. The molecule has 0 bridgehead atoms. The summed E-state index contributed by atoms with van der Waals surface area (Å²) in [6, 6.07) is 20.7. The minimum Gasteiger partial charge on any atom is -0.369 e. The second-order valence-corrected chi connectivity index (χ2v) is 6.43. The molecular weight excluding hydrogens is 296 g/mol. The average Bonchev–Trinajstić information content (AvgIpc) is 2.60. The van der Waals surface area contributed by atoms with Crippen molar-refractivity contribution < 1.29 is 4.79 Å². The van der Waals surface area contributed by atoms with Crippen LogP contribution in [0.25, 0.3) is 0 Å². The monoisotopic (exact) mass is 327 g/mol. The highest BCUT2D eigenvalue weighted by Crippen LogP contribution is 2.39. The first-order chi connectivity index (χ1) is 11.0. The molecule has 0 amide bonds. The molecule has 130 valence electrons. The van der Waals surface area contributed by atoms with E-state index in [9.17, 15) is 4.79 Å². The van der Waals surface area contributed by atoms with Crippen molar-refractivity contribution in [2.75, 3.05) is 14.1 Å². The highest BCUT2D eigenvalue weighted by atomic mass is 16.1. The average molecular weight is 327 g/mol. The summed E-state index contributed by atoms with van der Waals surface area (Å²) in [5.74, 6) is 0.281. The van der Waals surface area contributed by atoms with Crippen molar-refractivity contribution in [2.24, 2.45) is 0 Å². The maximum atomic E-state index is 13.2. The lowest BCUT2D eigenvalue weighted by atomic mass is 9.67. The van der Waals surface area contributed by atoms with Gasteiger partial charge in [0.2, 0.25) is 0 Å². The number of nitrogens with zero attached hydrogens (tertiary/aromatic N) is 1. The topological polar surface area (TPSA) is 56.8 Å².